The van der Waals surface area contributed by atoms with Crippen molar-refractivity contribution in [3.63, 3.8) is 0 Å². The van der Waals surface area contributed by atoms with Crippen LogP contribution in [0.15, 0.2) is 140 Å². The molecule has 9 aromatic rings. The third-order valence-electron chi connectivity index (χ3n) is 9.53. The molecule has 0 spiro atoms. The molecule has 258 valence electrons. The molecular formula is C43H26F5N5. The van der Waals surface area contributed by atoms with E-state index in [0.717, 1.165) is 38.9 Å². The van der Waals surface area contributed by atoms with Crippen molar-refractivity contribution >= 4 is 21.8 Å². The Bertz CT molecular complexity index is 2830. The normalized spacial score (nSPS) is 11.6. The van der Waals surface area contributed by atoms with Gasteiger partial charge < -0.3 is 9.13 Å². The van der Waals surface area contributed by atoms with Crippen LogP contribution in [0.3, 0.4) is 0 Å². The molecule has 3 aromatic heterocycles. The van der Waals surface area contributed by atoms with Crippen LogP contribution in [-0.2, 0) is 7.05 Å². The molecule has 5 nitrogen and oxygen atoms in total. The van der Waals surface area contributed by atoms with Crippen LogP contribution in [0.5, 0.6) is 0 Å². The lowest BCUT2D eigenvalue weighted by Crippen LogP contribution is -2.05. The zero-order valence-corrected chi connectivity index (χ0v) is 27.9. The fourth-order valence-electron chi connectivity index (χ4n) is 7.12. The third kappa shape index (κ3) is 5.05. The smallest absolute Gasteiger partial charge is 0.200 e. The number of aromatic nitrogens is 5. The summed E-state index contributed by atoms with van der Waals surface area (Å²) in [4.78, 5) is 4.53. The number of imidazole rings is 1. The molecule has 0 N–H and O–H groups in total. The molecule has 0 aliphatic carbocycles. The first kappa shape index (κ1) is 32.1. The zero-order chi connectivity index (χ0) is 36.4. The standard InChI is InChI=1S/C43H26F5N5/c1-51-22-21-49-43(51)27-15-10-16-28(23-27)52-32-18-9-8-17-30(32)31-20-19-29(24-33(31)52)53-42(26-13-6-3-7-14-26)35(41(50-53)25-11-4-2-5-12-25)34-36(44)38(46)40(48)39(47)37(34)45/h2-24H,1H3. The Morgan fingerprint density at radius 3 is 1.83 bits per heavy atom. The SMILES string of the molecule is Cn1ccnc1-c1cccc(-n2c3ccccc3c3ccc(-n4nc(-c5ccccc5)c(-c5c(F)c(F)c(F)c(F)c5F)c4-c4ccccc4)cc32)c1. The highest BCUT2D eigenvalue weighted by Crippen LogP contribution is 2.45. The molecule has 10 heteroatoms. The predicted octanol–water partition coefficient (Wildman–Crippen LogP) is 11.1. The number of aryl methyl sites for hydroxylation is 1. The van der Waals surface area contributed by atoms with Crippen molar-refractivity contribution in [1.82, 2.24) is 23.9 Å². The van der Waals surface area contributed by atoms with Gasteiger partial charge in [0.1, 0.15) is 11.5 Å². The monoisotopic (exact) mass is 707 g/mol. The molecule has 0 atom stereocenters. The largest absolute Gasteiger partial charge is 0.334 e. The van der Waals surface area contributed by atoms with E-state index in [9.17, 15) is 13.2 Å². The predicted molar refractivity (Wildman–Crippen MR) is 196 cm³/mol. The molecule has 0 aliphatic heterocycles. The van der Waals surface area contributed by atoms with Gasteiger partial charge in [-0.05, 0) is 30.3 Å². The van der Waals surface area contributed by atoms with Crippen molar-refractivity contribution in [2.24, 2.45) is 7.05 Å². The van der Waals surface area contributed by atoms with Gasteiger partial charge >= 0.3 is 0 Å². The highest BCUT2D eigenvalue weighted by molar-refractivity contribution is 6.10. The maximum Gasteiger partial charge on any atom is 0.200 e. The number of hydrogen-bond acceptors (Lipinski definition) is 2. The molecule has 3 heterocycles. The summed E-state index contributed by atoms with van der Waals surface area (Å²) in [5.74, 6) is -9.40. The number of para-hydroxylation sites is 1. The van der Waals surface area contributed by atoms with Crippen molar-refractivity contribution < 1.29 is 22.0 Å². The summed E-state index contributed by atoms with van der Waals surface area (Å²) in [5, 5.41) is 6.84. The van der Waals surface area contributed by atoms with Crippen molar-refractivity contribution in [3.05, 3.63) is 169 Å². The van der Waals surface area contributed by atoms with Gasteiger partial charge in [0.2, 0.25) is 5.82 Å². The molecule has 0 amide bonds. The van der Waals surface area contributed by atoms with Crippen LogP contribution in [0.1, 0.15) is 0 Å². The van der Waals surface area contributed by atoms with Crippen LogP contribution >= 0.6 is 0 Å². The minimum absolute atomic E-state index is 0.0380. The van der Waals surface area contributed by atoms with E-state index in [0.29, 0.717) is 16.8 Å². The average molecular weight is 708 g/mol. The van der Waals surface area contributed by atoms with Gasteiger partial charge in [-0.2, -0.15) is 5.10 Å². The number of benzene rings is 6. The molecule has 0 aliphatic rings. The van der Waals surface area contributed by atoms with E-state index in [1.165, 1.54) is 4.68 Å². The van der Waals surface area contributed by atoms with E-state index in [1.807, 2.05) is 78.5 Å². The van der Waals surface area contributed by atoms with E-state index in [-0.39, 0.29) is 17.0 Å². The average Bonchev–Trinajstić information content (AvgIpc) is 3.90. The van der Waals surface area contributed by atoms with Crippen LogP contribution in [0.2, 0.25) is 0 Å². The van der Waals surface area contributed by atoms with Crippen molar-refractivity contribution in [2.75, 3.05) is 0 Å². The summed E-state index contributed by atoms with van der Waals surface area (Å²) in [6.07, 6.45) is 3.63. The first-order chi connectivity index (χ1) is 25.8. The first-order valence-electron chi connectivity index (χ1n) is 16.7. The maximum atomic E-state index is 15.9. The number of halogens is 5. The Morgan fingerprint density at radius 1 is 0.509 bits per heavy atom. The molecule has 0 saturated heterocycles. The highest BCUT2D eigenvalue weighted by Gasteiger charge is 2.33. The summed E-state index contributed by atoms with van der Waals surface area (Å²) in [6, 6.07) is 38.9. The van der Waals surface area contributed by atoms with E-state index < -0.39 is 34.6 Å². The Balaban J connectivity index is 1.37. The van der Waals surface area contributed by atoms with Crippen LogP contribution in [0.4, 0.5) is 22.0 Å². The molecule has 0 saturated carbocycles. The second kappa shape index (κ2) is 12.4. The quantitative estimate of drug-likeness (QED) is 0.0981. The molecule has 53 heavy (non-hydrogen) atoms. The number of hydrogen-bond donors (Lipinski definition) is 0. The minimum atomic E-state index is -2.23. The second-order valence-electron chi connectivity index (χ2n) is 12.6. The summed E-state index contributed by atoms with van der Waals surface area (Å²) >= 11 is 0. The van der Waals surface area contributed by atoms with Crippen LogP contribution in [0, 0.1) is 29.1 Å². The lowest BCUT2D eigenvalue weighted by Gasteiger charge is -2.14. The number of fused-ring (bicyclic) bond motifs is 3. The zero-order valence-electron chi connectivity index (χ0n) is 27.9. The molecule has 0 unspecified atom stereocenters. The van der Waals surface area contributed by atoms with Gasteiger partial charge in [0.05, 0.1) is 28.0 Å². The summed E-state index contributed by atoms with van der Waals surface area (Å²) in [5.41, 5.74) is 3.76. The van der Waals surface area contributed by atoms with Crippen molar-refractivity contribution in [1.29, 1.82) is 0 Å². The van der Waals surface area contributed by atoms with Crippen molar-refractivity contribution in [3.8, 4) is 56.4 Å². The van der Waals surface area contributed by atoms with Crippen LogP contribution < -0.4 is 0 Å². The lowest BCUT2D eigenvalue weighted by atomic mass is 9.94. The maximum absolute atomic E-state index is 15.9. The Morgan fingerprint density at radius 2 is 1.13 bits per heavy atom. The van der Waals surface area contributed by atoms with Crippen LogP contribution in [0.25, 0.3) is 78.2 Å². The Hall–Kier alpha value is -6.81. The second-order valence-corrected chi connectivity index (χ2v) is 12.6. The third-order valence-corrected chi connectivity index (χ3v) is 9.53. The topological polar surface area (TPSA) is 40.6 Å². The first-order valence-corrected chi connectivity index (χ1v) is 16.7. The molecule has 0 fully saturated rings. The summed E-state index contributed by atoms with van der Waals surface area (Å²) in [6.45, 7) is 0. The summed E-state index contributed by atoms with van der Waals surface area (Å²) in [7, 11) is 1.93. The minimum Gasteiger partial charge on any atom is -0.334 e. The van der Waals surface area contributed by atoms with Gasteiger partial charge in [-0.3, -0.25) is 0 Å². The highest BCUT2D eigenvalue weighted by atomic mass is 19.2. The lowest BCUT2D eigenvalue weighted by molar-refractivity contribution is 0.381. The van der Waals surface area contributed by atoms with Crippen molar-refractivity contribution in [2.45, 2.75) is 0 Å². The molecule has 0 bridgehead atoms. The van der Waals surface area contributed by atoms with Gasteiger partial charge in [-0.1, -0.05) is 97.1 Å². The van der Waals surface area contributed by atoms with Gasteiger partial charge in [0.15, 0.2) is 23.3 Å². The summed E-state index contributed by atoms with van der Waals surface area (Å²) < 4.78 is 81.5. The van der Waals surface area contributed by atoms with Crippen LogP contribution in [-0.4, -0.2) is 23.9 Å². The Labute approximate surface area is 299 Å². The van der Waals surface area contributed by atoms with E-state index in [2.05, 4.69) is 15.6 Å². The number of nitrogens with zero attached hydrogens (tertiary/aromatic N) is 5. The van der Waals surface area contributed by atoms with Gasteiger partial charge in [0, 0.05) is 58.2 Å². The fraction of sp³-hybridized carbons (Fsp3) is 0.0233. The van der Waals surface area contributed by atoms with Gasteiger partial charge in [0.25, 0.3) is 0 Å². The molecule has 6 aromatic carbocycles. The van der Waals surface area contributed by atoms with Gasteiger partial charge in [-0.15, -0.1) is 0 Å². The number of rotatable bonds is 6. The van der Waals surface area contributed by atoms with Gasteiger partial charge in [-0.25, -0.2) is 31.6 Å². The van der Waals surface area contributed by atoms with E-state index in [4.69, 9.17) is 5.10 Å². The van der Waals surface area contributed by atoms with E-state index >= 15 is 8.78 Å². The Kier molecular flexibility index (Phi) is 7.55. The molecular weight excluding hydrogens is 681 g/mol. The van der Waals surface area contributed by atoms with E-state index in [1.54, 1.807) is 66.9 Å². The molecule has 9 rings (SSSR count). The fourth-order valence-corrected chi connectivity index (χ4v) is 7.12. The molecule has 0 radical (unpaired) electrons.